The van der Waals surface area contributed by atoms with Crippen LogP contribution in [0.15, 0.2) is 12.2 Å². The maximum absolute atomic E-state index is 11.2. The molecule has 0 aromatic heterocycles. The predicted octanol–water partition coefficient (Wildman–Crippen LogP) is 3.71. The van der Waals surface area contributed by atoms with Crippen LogP contribution in [0.5, 0.6) is 0 Å². The molecule has 0 aromatic carbocycles. The predicted molar refractivity (Wildman–Crippen MR) is 103 cm³/mol. The molecule has 0 spiro atoms. The van der Waals surface area contributed by atoms with Crippen molar-refractivity contribution in [3.05, 3.63) is 12.2 Å². The van der Waals surface area contributed by atoms with Gasteiger partial charge in [0, 0.05) is 12.2 Å². The Kier molecular flexibility index (Phi) is 11.0. The fourth-order valence-electron chi connectivity index (χ4n) is 2.37. The van der Waals surface area contributed by atoms with Gasteiger partial charge in [-0.2, -0.15) is 0 Å². The molecule has 1 atom stereocenters. The monoisotopic (exact) mass is 376 g/mol. The summed E-state index contributed by atoms with van der Waals surface area (Å²) in [5.41, 5.74) is 0.327. The number of hydrogen-bond donors (Lipinski definition) is 1. The van der Waals surface area contributed by atoms with Gasteiger partial charge in [-0.15, -0.1) is 0 Å². The van der Waals surface area contributed by atoms with Crippen LogP contribution in [0.2, 0.25) is 38.8 Å². The lowest BCUT2D eigenvalue weighted by atomic mass is 10.3. The Hall–Kier alpha value is -0.476. The van der Waals surface area contributed by atoms with Gasteiger partial charge in [-0.25, -0.2) is 4.79 Å². The lowest BCUT2D eigenvalue weighted by Gasteiger charge is -2.31. The number of hydrogen-bond acceptors (Lipinski definition) is 5. The SMILES string of the molecule is C=C(C)C(=O)OCC(O)COCCCCC[Si](C)(C)O[Si](C)(C)C. The molecule has 0 saturated carbocycles. The van der Waals surface area contributed by atoms with E-state index < -0.39 is 28.7 Å². The first kappa shape index (κ1) is 23.5. The average molecular weight is 377 g/mol. The van der Waals surface area contributed by atoms with Crippen molar-refractivity contribution < 1.29 is 23.5 Å². The lowest BCUT2D eigenvalue weighted by molar-refractivity contribution is -0.143. The van der Waals surface area contributed by atoms with Gasteiger partial charge in [0.2, 0.25) is 0 Å². The number of esters is 1. The van der Waals surface area contributed by atoms with E-state index in [0.717, 1.165) is 19.3 Å². The summed E-state index contributed by atoms with van der Waals surface area (Å²) in [6.45, 7) is 17.1. The van der Waals surface area contributed by atoms with Crippen LogP contribution in [-0.4, -0.2) is 53.6 Å². The van der Waals surface area contributed by atoms with Gasteiger partial charge in [0.1, 0.15) is 12.7 Å². The van der Waals surface area contributed by atoms with Gasteiger partial charge in [-0.05, 0) is 52.1 Å². The maximum atomic E-state index is 11.2. The van der Waals surface area contributed by atoms with Gasteiger partial charge in [-0.3, -0.25) is 0 Å². The Morgan fingerprint density at radius 2 is 1.71 bits per heavy atom. The minimum Gasteiger partial charge on any atom is -0.460 e. The number of aliphatic hydroxyl groups is 1. The third-order valence-corrected chi connectivity index (χ3v) is 9.43. The van der Waals surface area contributed by atoms with Gasteiger partial charge in [0.05, 0.1) is 6.61 Å². The first-order valence-electron chi connectivity index (χ1n) is 8.71. The summed E-state index contributed by atoms with van der Waals surface area (Å²) in [4.78, 5) is 11.2. The Bertz CT molecular complexity index is 391. The summed E-state index contributed by atoms with van der Waals surface area (Å²) in [6.07, 6.45) is 2.44. The first-order valence-corrected chi connectivity index (χ1v) is 15.2. The summed E-state index contributed by atoms with van der Waals surface area (Å²) < 4.78 is 16.6. The van der Waals surface area contributed by atoms with E-state index in [0.29, 0.717) is 12.2 Å². The highest BCUT2D eigenvalue weighted by atomic mass is 28.4. The minimum absolute atomic E-state index is 0.0560. The highest BCUT2D eigenvalue weighted by Gasteiger charge is 2.28. The molecule has 0 fully saturated rings. The van der Waals surface area contributed by atoms with Crippen LogP contribution in [0.3, 0.4) is 0 Å². The standard InChI is InChI=1S/C17H36O5Si2/c1-15(2)17(19)21-14-16(18)13-20-11-9-8-10-12-24(6,7)22-23(3,4)5/h16,18H,1,8-14H2,2-7H3. The highest BCUT2D eigenvalue weighted by Crippen LogP contribution is 2.21. The smallest absolute Gasteiger partial charge is 0.333 e. The molecule has 1 unspecified atom stereocenters. The number of carbonyl (C=O) groups excluding carboxylic acids is 1. The molecule has 0 aliphatic heterocycles. The molecule has 0 heterocycles. The zero-order valence-electron chi connectivity index (χ0n) is 16.3. The van der Waals surface area contributed by atoms with Crippen molar-refractivity contribution in [3.8, 4) is 0 Å². The molecule has 0 rings (SSSR count). The second kappa shape index (κ2) is 11.2. The molecule has 0 amide bonds. The van der Waals surface area contributed by atoms with E-state index in [1.807, 2.05) is 0 Å². The summed E-state index contributed by atoms with van der Waals surface area (Å²) in [5.74, 6) is -0.485. The fraction of sp³-hybridized carbons (Fsp3) is 0.824. The molecule has 1 N–H and O–H groups in total. The molecule has 5 nitrogen and oxygen atoms in total. The fourth-order valence-corrected chi connectivity index (χ4v) is 10.5. The zero-order valence-corrected chi connectivity index (χ0v) is 18.3. The summed E-state index contributed by atoms with van der Waals surface area (Å²) in [5, 5.41) is 9.66. The lowest BCUT2D eigenvalue weighted by Crippen LogP contribution is -2.42. The number of carbonyl (C=O) groups is 1. The molecule has 142 valence electrons. The normalized spacial score (nSPS) is 13.6. The molecule has 0 saturated heterocycles. The van der Waals surface area contributed by atoms with Crippen molar-refractivity contribution >= 4 is 22.6 Å². The zero-order chi connectivity index (χ0) is 18.8. The molecule has 24 heavy (non-hydrogen) atoms. The molecule has 0 aliphatic carbocycles. The van der Waals surface area contributed by atoms with E-state index >= 15 is 0 Å². The average Bonchev–Trinajstić information content (AvgIpc) is 2.40. The van der Waals surface area contributed by atoms with Gasteiger partial charge in [0.25, 0.3) is 0 Å². The van der Waals surface area contributed by atoms with E-state index in [4.69, 9.17) is 13.6 Å². The van der Waals surface area contributed by atoms with Crippen molar-refractivity contribution in [2.75, 3.05) is 19.8 Å². The van der Waals surface area contributed by atoms with Crippen molar-refractivity contribution in [3.63, 3.8) is 0 Å². The van der Waals surface area contributed by atoms with Crippen molar-refractivity contribution in [2.45, 2.75) is 71.1 Å². The van der Waals surface area contributed by atoms with Crippen molar-refractivity contribution in [2.24, 2.45) is 0 Å². The van der Waals surface area contributed by atoms with Crippen LogP contribution >= 0.6 is 0 Å². The van der Waals surface area contributed by atoms with Crippen LogP contribution in [0.4, 0.5) is 0 Å². The number of rotatable bonds is 13. The first-order chi connectivity index (χ1) is 10.9. The molecular weight excluding hydrogens is 340 g/mol. The molecule has 0 aromatic rings. The third-order valence-electron chi connectivity index (χ3n) is 3.22. The number of unbranched alkanes of at least 4 members (excludes halogenated alkanes) is 2. The van der Waals surface area contributed by atoms with Crippen LogP contribution in [-0.2, 0) is 18.4 Å². The molecule has 0 aliphatic rings. The topological polar surface area (TPSA) is 65.0 Å². The summed E-state index contributed by atoms with van der Waals surface area (Å²) in [6, 6.07) is 1.18. The van der Waals surface area contributed by atoms with Crippen LogP contribution < -0.4 is 0 Å². The summed E-state index contributed by atoms with van der Waals surface area (Å²) >= 11 is 0. The van der Waals surface area contributed by atoms with E-state index in [1.165, 1.54) is 6.04 Å². The Morgan fingerprint density at radius 3 is 2.25 bits per heavy atom. The van der Waals surface area contributed by atoms with Gasteiger partial charge >= 0.3 is 5.97 Å². The second-order valence-electron chi connectivity index (χ2n) is 7.89. The Balaban J connectivity index is 3.63. The van der Waals surface area contributed by atoms with Crippen LogP contribution in [0.1, 0.15) is 26.2 Å². The van der Waals surface area contributed by atoms with E-state index in [-0.39, 0.29) is 13.2 Å². The minimum atomic E-state index is -1.53. The number of aliphatic hydroxyl groups excluding tert-OH is 1. The van der Waals surface area contributed by atoms with E-state index in [1.54, 1.807) is 6.92 Å². The largest absolute Gasteiger partial charge is 0.460 e. The van der Waals surface area contributed by atoms with Crippen LogP contribution in [0.25, 0.3) is 0 Å². The van der Waals surface area contributed by atoms with E-state index in [2.05, 4.69) is 39.3 Å². The Morgan fingerprint density at radius 1 is 1.08 bits per heavy atom. The molecule has 7 heteroatoms. The summed E-state index contributed by atoms with van der Waals surface area (Å²) in [7, 11) is -2.97. The highest BCUT2D eigenvalue weighted by molar-refractivity contribution is 6.84. The van der Waals surface area contributed by atoms with E-state index in [9.17, 15) is 9.90 Å². The van der Waals surface area contributed by atoms with Gasteiger partial charge < -0.3 is 18.7 Å². The molecule has 0 bridgehead atoms. The quantitative estimate of drug-likeness (QED) is 0.230. The number of ether oxygens (including phenoxy) is 2. The maximum Gasteiger partial charge on any atom is 0.333 e. The molecule has 0 radical (unpaired) electrons. The van der Waals surface area contributed by atoms with Gasteiger partial charge in [0.15, 0.2) is 16.6 Å². The third kappa shape index (κ3) is 13.9. The Labute approximate surface area is 149 Å². The van der Waals surface area contributed by atoms with Gasteiger partial charge in [-0.1, -0.05) is 19.4 Å². The molecular formula is C17H36O5Si2. The van der Waals surface area contributed by atoms with Crippen molar-refractivity contribution in [1.82, 2.24) is 0 Å². The van der Waals surface area contributed by atoms with Crippen LogP contribution in [0, 0.1) is 0 Å². The van der Waals surface area contributed by atoms with Crippen molar-refractivity contribution in [1.29, 1.82) is 0 Å². The second-order valence-corrected chi connectivity index (χ2v) is 17.0.